The molecule has 55 heavy (non-hydrogen) atoms. The van der Waals surface area contributed by atoms with Crippen molar-refractivity contribution in [2.45, 2.75) is 187 Å². The molecule has 0 aliphatic carbocycles. The van der Waals surface area contributed by atoms with Crippen LogP contribution in [0.15, 0.2) is 58.1 Å². The van der Waals surface area contributed by atoms with Gasteiger partial charge in [-0.3, -0.25) is 19.2 Å². The normalized spacial score (nSPS) is 10.9. The van der Waals surface area contributed by atoms with Gasteiger partial charge in [-0.05, 0) is 74.2 Å². The van der Waals surface area contributed by atoms with Gasteiger partial charge in [0.2, 0.25) is 10.9 Å². The maximum absolute atomic E-state index is 12.4. The van der Waals surface area contributed by atoms with E-state index in [0.717, 1.165) is 44.9 Å². The lowest BCUT2D eigenvalue weighted by Gasteiger charge is -2.05. The largest absolute Gasteiger partial charge is 0.494 e. The van der Waals surface area contributed by atoms with Crippen LogP contribution in [0.4, 0.5) is 0 Å². The fraction of sp³-hybridized carbons (Fsp3) is 0.660. The molecular weight excluding hydrogens is 693 g/mol. The van der Waals surface area contributed by atoms with Crippen LogP contribution >= 0.6 is 0 Å². The fourth-order valence-electron chi connectivity index (χ4n) is 6.41. The van der Waals surface area contributed by atoms with Crippen LogP contribution in [0.3, 0.4) is 0 Å². The molecule has 0 aliphatic heterocycles. The molecule has 0 amide bonds. The topological polar surface area (TPSA) is 105 Å². The highest BCUT2D eigenvalue weighted by Gasteiger charge is 2.10. The minimum Gasteiger partial charge on any atom is -0.494 e. The summed E-state index contributed by atoms with van der Waals surface area (Å²) < 4.78 is 22.4. The number of esters is 2. The Morgan fingerprint density at radius 3 is 1.02 bits per heavy atom. The number of unbranched alkanes of at least 4 members (excludes halogenated alkanes) is 22. The third-order valence-electron chi connectivity index (χ3n) is 9.82. The van der Waals surface area contributed by atoms with Gasteiger partial charge in [-0.1, -0.05) is 149 Å². The molecule has 0 fully saturated rings. The van der Waals surface area contributed by atoms with E-state index < -0.39 is 11.9 Å². The third-order valence-corrected chi connectivity index (χ3v) is 9.82. The van der Waals surface area contributed by atoms with Crippen molar-refractivity contribution in [1.29, 1.82) is 0 Å². The molecule has 0 heterocycles. The molecule has 8 heteroatoms. The van der Waals surface area contributed by atoms with Crippen molar-refractivity contribution in [3.8, 4) is 23.0 Å². The summed E-state index contributed by atoms with van der Waals surface area (Å²) in [5.74, 6) is 0.267. The molecule has 2 rings (SSSR count). The fourth-order valence-corrected chi connectivity index (χ4v) is 6.41. The average Bonchev–Trinajstić information content (AvgIpc) is 3.46. The van der Waals surface area contributed by atoms with Crippen molar-refractivity contribution in [2.75, 3.05) is 13.2 Å². The number of rotatable bonds is 34. The lowest BCUT2D eigenvalue weighted by molar-refractivity contribution is -0.135. The van der Waals surface area contributed by atoms with E-state index in [1.165, 1.54) is 127 Å². The molecule has 0 atom stereocenters. The lowest BCUT2D eigenvalue weighted by atomic mass is 10.1. The Kier molecular flexibility index (Phi) is 28.1. The predicted molar refractivity (Wildman–Crippen MR) is 224 cm³/mol. The Bertz CT molecular complexity index is 1320. The summed E-state index contributed by atoms with van der Waals surface area (Å²) >= 11 is 0. The standard InChI is InChI=1S/C47H72O8/c1-3-5-7-9-11-13-15-17-22-26-38-52-40-30-34-42(48)44(36-32-40)54-46(50)28-24-20-19-21-25-29-47(51)55-45-37-33-41(31-35-43(45)49)53-39-27-23-18-16-14-12-10-8-6-4-2/h30-37H,3-29,38-39H2,1-2H3. The molecular formula is C47H72O8. The van der Waals surface area contributed by atoms with E-state index in [0.29, 0.717) is 37.6 Å². The summed E-state index contributed by atoms with van der Waals surface area (Å²) in [7, 11) is 0. The van der Waals surface area contributed by atoms with Crippen LogP contribution in [0.25, 0.3) is 0 Å². The van der Waals surface area contributed by atoms with Gasteiger partial charge < -0.3 is 18.9 Å². The van der Waals surface area contributed by atoms with Crippen LogP contribution in [0, 0.1) is 0 Å². The molecule has 2 aromatic rings. The van der Waals surface area contributed by atoms with Crippen molar-refractivity contribution >= 4 is 11.9 Å². The number of carbonyl (C=O) groups is 2. The molecule has 0 spiro atoms. The van der Waals surface area contributed by atoms with E-state index in [2.05, 4.69) is 13.8 Å². The smallest absolute Gasteiger partial charge is 0.311 e. The Morgan fingerprint density at radius 1 is 0.382 bits per heavy atom. The number of carbonyl (C=O) groups excluding carboxylic acids is 2. The lowest BCUT2D eigenvalue weighted by Crippen LogP contribution is -2.13. The van der Waals surface area contributed by atoms with Crippen LogP contribution in [-0.4, -0.2) is 25.2 Å². The minimum absolute atomic E-state index is 0.00126. The second kappa shape index (κ2) is 32.6. The van der Waals surface area contributed by atoms with Gasteiger partial charge in [-0.2, -0.15) is 0 Å². The Hall–Kier alpha value is -3.68. The van der Waals surface area contributed by atoms with Crippen LogP contribution in [0.1, 0.15) is 187 Å². The first-order chi connectivity index (χ1) is 26.9. The SMILES string of the molecule is CCCCCCCCCCCCOc1ccc(OC(=O)CCCCCCCC(=O)Oc2ccc(OCCCCCCCCCCCC)ccc2=O)c(=O)cc1. The highest BCUT2D eigenvalue weighted by atomic mass is 16.5. The van der Waals surface area contributed by atoms with Gasteiger partial charge in [0, 0.05) is 12.8 Å². The van der Waals surface area contributed by atoms with E-state index >= 15 is 0 Å². The number of hydrogen-bond donors (Lipinski definition) is 0. The molecule has 0 saturated carbocycles. The monoisotopic (exact) mass is 765 g/mol. The van der Waals surface area contributed by atoms with Gasteiger partial charge in [0.05, 0.1) is 13.2 Å². The first-order valence-corrected chi connectivity index (χ1v) is 21.9. The zero-order valence-electron chi connectivity index (χ0n) is 34.4. The summed E-state index contributed by atoms with van der Waals surface area (Å²) in [4.78, 5) is 49.7. The van der Waals surface area contributed by atoms with Gasteiger partial charge in [-0.15, -0.1) is 0 Å². The molecule has 0 unspecified atom stereocenters. The van der Waals surface area contributed by atoms with Crippen molar-refractivity contribution in [2.24, 2.45) is 0 Å². The molecule has 0 aliphatic rings. The average molecular weight is 765 g/mol. The Morgan fingerprint density at radius 2 is 0.673 bits per heavy atom. The second-order valence-corrected chi connectivity index (χ2v) is 14.9. The highest BCUT2D eigenvalue weighted by Crippen LogP contribution is 2.17. The van der Waals surface area contributed by atoms with Crippen LogP contribution in [0.5, 0.6) is 23.0 Å². The summed E-state index contributed by atoms with van der Waals surface area (Å²) in [6, 6.07) is 12.4. The first-order valence-electron chi connectivity index (χ1n) is 21.9. The van der Waals surface area contributed by atoms with E-state index in [9.17, 15) is 19.2 Å². The third kappa shape index (κ3) is 25.2. The molecule has 2 aromatic carbocycles. The van der Waals surface area contributed by atoms with Crippen molar-refractivity contribution in [1.82, 2.24) is 0 Å². The Labute approximate surface area is 332 Å². The molecule has 8 nitrogen and oxygen atoms in total. The van der Waals surface area contributed by atoms with E-state index in [1.54, 1.807) is 24.3 Å². The zero-order valence-corrected chi connectivity index (χ0v) is 34.4. The first kappa shape index (κ1) is 47.5. The molecule has 0 aromatic heterocycles. The highest BCUT2D eigenvalue weighted by molar-refractivity contribution is 5.72. The van der Waals surface area contributed by atoms with E-state index in [4.69, 9.17) is 18.9 Å². The van der Waals surface area contributed by atoms with Crippen molar-refractivity contribution < 1.29 is 28.5 Å². The van der Waals surface area contributed by atoms with Gasteiger partial charge in [-0.25, -0.2) is 0 Å². The maximum Gasteiger partial charge on any atom is 0.311 e. The molecule has 0 N–H and O–H groups in total. The predicted octanol–water partition coefficient (Wildman–Crippen LogP) is 12.2. The number of hydrogen-bond acceptors (Lipinski definition) is 8. The van der Waals surface area contributed by atoms with Crippen molar-refractivity contribution in [3.63, 3.8) is 0 Å². The summed E-state index contributed by atoms with van der Waals surface area (Å²) in [6.45, 7) is 5.67. The zero-order chi connectivity index (χ0) is 39.6. The molecule has 0 bridgehead atoms. The number of ether oxygens (including phenoxy) is 4. The summed E-state index contributed by atoms with van der Waals surface area (Å²) in [5.41, 5.74) is -0.730. The molecule has 0 radical (unpaired) electrons. The van der Waals surface area contributed by atoms with Crippen LogP contribution in [0.2, 0.25) is 0 Å². The molecule has 308 valence electrons. The van der Waals surface area contributed by atoms with E-state index in [1.807, 2.05) is 0 Å². The maximum atomic E-state index is 12.4. The summed E-state index contributed by atoms with van der Waals surface area (Å²) in [5, 5.41) is 0. The quantitative estimate of drug-likeness (QED) is 0.0512. The van der Waals surface area contributed by atoms with Crippen LogP contribution in [-0.2, 0) is 9.59 Å². The summed E-state index contributed by atoms with van der Waals surface area (Å²) in [6.07, 6.45) is 29.2. The van der Waals surface area contributed by atoms with Gasteiger partial charge in [0.15, 0.2) is 11.5 Å². The van der Waals surface area contributed by atoms with Gasteiger partial charge in [0.1, 0.15) is 11.5 Å². The molecule has 0 saturated heterocycles. The second-order valence-electron chi connectivity index (χ2n) is 14.9. The van der Waals surface area contributed by atoms with Crippen LogP contribution < -0.4 is 29.8 Å². The minimum atomic E-state index is -0.448. The van der Waals surface area contributed by atoms with Crippen molar-refractivity contribution in [3.05, 3.63) is 69.0 Å². The van der Waals surface area contributed by atoms with E-state index in [-0.39, 0.29) is 35.2 Å². The van der Waals surface area contributed by atoms with Gasteiger partial charge in [0.25, 0.3) is 0 Å². The van der Waals surface area contributed by atoms with Gasteiger partial charge >= 0.3 is 11.9 Å². The Balaban J connectivity index is 1.54.